The summed E-state index contributed by atoms with van der Waals surface area (Å²) in [5.74, 6) is -0.521. The lowest BCUT2D eigenvalue weighted by Crippen LogP contribution is -2.11. The number of nitrogens with zero attached hydrogens (tertiary/aromatic N) is 4. The van der Waals surface area contributed by atoms with E-state index in [1.165, 1.54) is 0 Å². The molecule has 4 nitrogen and oxygen atoms in total. The van der Waals surface area contributed by atoms with Crippen molar-refractivity contribution in [2.75, 3.05) is 0 Å². The summed E-state index contributed by atoms with van der Waals surface area (Å²) in [4.78, 5) is 6.35. The maximum absolute atomic E-state index is 12.5. The Kier molecular flexibility index (Phi) is 3.36. The summed E-state index contributed by atoms with van der Waals surface area (Å²) < 4.78 is 75.1. The molecule has 0 unspecified atom stereocenters. The Balaban J connectivity index is 2.48. The molecule has 0 aliphatic rings. The molecule has 20 heavy (non-hydrogen) atoms. The van der Waals surface area contributed by atoms with Crippen molar-refractivity contribution >= 4 is 11.6 Å². The monoisotopic (exact) mass is 316 g/mol. The van der Waals surface area contributed by atoms with E-state index in [0.29, 0.717) is 23.1 Å². The van der Waals surface area contributed by atoms with Gasteiger partial charge in [0.25, 0.3) is 0 Å². The Morgan fingerprint density at radius 1 is 1.00 bits per heavy atom. The molecule has 108 valence electrons. The summed E-state index contributed by atoms with van der Waals surface area (Å²) >= 11 is 5.32. The minimum Gasteiger partial charge on any atom is -0.222 e. The molecule has 0 amide bonds. The summed E-state index contributed by atoms with van der Waals surface area (Å²) in [5, 5.41) is 2.55. The van der Waals surface area contributed by atoms with Crippen LogP contribution in [-0.2, 0) is 12.4 Å². The fourth-order valence-electron chi connectivity index (χ4n) is 1.26. The molecule has 0 aliphatic carbocycles. The molecule has 0 radical (unpaired) electrons. The van der Waals surface area contributed by atoms with E-state index < -0.39 is 34.7 Å². The van der Waals surface area contributed by atoms with Crippen LogP contribution in [0, 0.1) is 0 Å². The van der Waals surface area contributed by atoms with Crippen LogP contribution in [0.15, 0.2) is 18.5 Å². The molecule has 0 atom stereocenters. The molecular weight excluding hydrogens is 314 g/mol. The molecule has 0 spiro atoms. The zero-order valence-electron chi connectivity index (χ0n) is 9.17. The van der Waals surface area contributed by atoms with Crippen molar-refractivity contribution in [1.29, 1.82) is 0 Å². The second kappa shape index (κ2) is 4.62. The van der Waals surface area contributed by atoms with E-state index in [1.807, 2.05) is 0 Å². The van der Waals surface area contributed by atoms with Crippen LogP contribution in [-0.4, -0.2) is 19.7 Å². The number of alkyl halides is 6. The average Bonchev–Trinajstić information content (AvgIpc) is 2.75. The van der Waals surface area contributed by atoms with E-state index in [-0.39, 0.29) is 0 Å². The predicted molar refractivity (Wildman–Crippen MR) is 54.2 cm³/mol. The van der Waals surface area contributed by atoms with E-state index >= 15 is 0 Å². The predicted octanol–water partition coefficient (Wildman–Crippen LogP) is 3.35. The molecule has 2 rings (SSSR count). The first kappa shape index (κ1) is 14.6. The molecule has 0 aromatic carbocycles. The Bertz CT molecular complexity index is 632. The van der Waals surface area contributed by atoms with Gasteiger partial charge in [-0.05, 0) is 11.6 Å². The highest BCUT2D eigenvalue weighted by atomic mass is 35.5. The Hall–Kier alpha value is -1.84. The number of halogens is 7. The first-order chi connectivity index (χ1) is 9.07. The van der Waals surface area contributed by atoms with Crippen LogP contribution >= 0.6 is 11.6 Å². The van der Waals surface area contributed by atoms with E-state index in [9.17, 15) is 26.3 Å². The Morgan fingerprint density at radius 3 is 2.15 bits per heavy atom. The Morgan fingerprint density at radius 2 is 1.65 bits per heavy atom. The molecule has 0 saturated heterocycles. The van der Waals surface area contributed by atoms with Gasteiger partial charge in [-0.1, -0.05) is 0 Å². The summed E-state index contributed by atoms with van der Waals surface area (Å²) in [6, 6.07) is 0.443. The standard InChI is InChI=1S/C9H3ClF6N4/c10-7-18-5(9(14,15)16)1-6(19-7)20-3-4(2-17-20)8(11,12)13/h1-3H. The van der Waals surface area contributed by atoms with Gasteiger partial charge in [0.05, 0.1) is 11.8 Å². The van der Waals surface area contributed by atoms with Crippen molar-refractivity contribution in [3.05, 3.63) is 35.0 Å². The van der Waals surface area contributed by atoms with Gasteiger partial charge in [0.15, 0.2) is 11.5 Å². The summed E-state index contributed by atoms with van der Waals surface area (Å²) in [6.45, 7) is 0. The van der Waals surface area contributed by atoms with Crippen molar-refractivity contribution in [3.63, 3.8) is 0 Å². The van der Waals surface area contributed by atoms with Crippen LogP contribution in [0.4, 0.5) is 26.3 Å². The van der Waals surface area contributed by atoms with Gasteiger partial charge in [0, 0.05) is 12.3 Å². The highest BCUT2D eigenvalue weighted by Crippen LogP contribution is 2.31. The van der Waals surface area contributed by atoms with Gasteiger partial charge in [0.1, 0.15) is 0 Å². The average molecular weight is 317 g/mol. The number of hydrogen-bond acceptors (Lipinski definition) is 3. The molecule has 2 aromatic heterocycles. The van der Waals surface area contributed by atoms with Gasteiger partial charge < -0.3 is 0 Å². The fourth-order valence-corrected chi connectivity index (χ4v) is 1.44. The lowest BCUT2D eigenvalue weighted by atomic mass is 10.3. The second-order valence-electron chi connectivity index (χ2n) is 3.55. The molecule has 0 N–H and O–H groups in total. The zero-order valence-corrected chi connectivity index (χ0v) is 9.92. The smallest absolute Gasteiger partial charge is 0.222 e. The van der Waals surface area contributed by atoms with E-state index in [1.54, 1.807) is 0 Å². The first-order valence-electron chi connectivity index (χ1n) is 4.81. The third-order valence-corrected chi connectivity index (χ3v) is 2.29. The summed E-state index contributed by atoms with van der Waals surface area (Å²) in [5.41, 5.74) is -2.50. The van der Waals surface area contributed by atoms with E-state index in [0.717, 1.165) is 0 Å². The van der Waals surface area contributed by atoms with Gasteiger partial charge in [-0.2, -0.15) is 36.4 Å². The maximum Gasteiger partial charge on any atom is 0.433 e. The molecule has 0 fully saturated rings. The van der Waals surface area contributed by atoms with E-state index in [2.05, 4.69) is 15.1 Å². The van der Waals surface area contributed by atoms with Crippen molar-refractivity contribution in [3.8, 4) is 5.82 Å². The van der Waals surface area contributed by atoms with Crippen LogP contribution in [0.25, 0.3) is 5.82 Å². The van der Waals surface area contributed by atoms with Crippen LogP contribution in [0.2, 0.25) is 5.28 Å². The topological polar surface area (TPSA) is 43.6 Å². The maximum atomic E-state index is 12.5. The molecule has 2 heterocycles. The summed E-state index contributed by atoms with van der Waals surface area (Å²) in [7, 11) is 0. The van der Waals surface area contributed by atoms with Gasteiger partial charge >= 0.3 is 12.4 Å². The van der Waals surface area contributed by atoms with Crippen molar-refractivity contribution in [1.82, 2.24) is 19.7 Å². The van der Waals surface area contributed by atoms with Crippen LogP contribution in [0.3, 0.4) is 0 Å². The lowest BCUT2D eigenvalue weighted by molar-refractivity contribution is -0.141. The third kappa shape index (κ3) is 3.00. The normalized spacial score (nSPS) is 12.8. The van der Waals surface area contributed by atoms with Crippen LogP contribution in [0.5, 0.6) is 0 Å². The molecule has 11 heteroatoms. The minimum absolute atomic E-state index is 0.443. The number of hydrogen-bond donors (Lipinski definition) is 0. The molecule has 0 saturated carbocycles. The second-order valence-corrected chi connectivity index (χ2v) is 3.89. The lowest BCUT2D eigenvalue weighted by Gasteiger charge is -2.08. The van der Waals surface area contributed by atoms with Crippen molar-refractivity contribution < 1.29 is 26.3 Å². The van der Waals surface area contributed by atoms with Crippen LogP contribution in [0.1, 0.15) is 11.3 Å². The SMILES string of the molecule is FC(F)(F)c1cnn(-c2cc(C(F)(F)F)nc(Cl)n2)c1. The van der Waals surface area contributed by atoms with E-state index in [4.69, 9.17) is 11.6 Å². The fraction of sp³-hybridized carbons (Fsp3) is 0.222. The highest BCUT2D eigenvalue weighted by Gasteiger charge is 2.35. The molecular formula is C9H3ClF6N4. The first-order valence-corrected chi connectivity index (χ1v) is 5.19. The number of rotatable bonds is 1. The largest absolute Gasteiger partial charge is 0.433 e. The highest BCUT2D eigenvalue weighted by molar-refractivity contribution is 6.28. The summed E-state index contributed by atoms with van der Waals surface area (Å²) in [6.07, 6.45) is -8.51. The molecule has 0 bridgehead atoms. The Labute approximate surface area is 112 Å². The van der Waals surface area contributed by atoms with Gasteiger partial charge in [0.2, 0.25) is 5.28 Å². The molecule has 0 aliphatic heterocycles. The molecule has 2 aromatic rings. The minimum atomic E-state index is -4.80. The van der Waals surface area contributed by atoms with Crippen LogP contribution < -0.4 is 0 Å². The van der Waals surface area contributed by atoms with Crippen molar-refractivity contribution in [2.24, 2.45) is 0 Å². The van der Waals surface area contributed by atoms with Gasteiger partial charge in [-0.15, -0.1) is 0 Å². The zero-order chi connectivity index (χ0) is 15.1. The third-order valence-electron chi connectivity index (χ3n) is 2.12. The van der Waals surface area contributed by atoms with Gasteiger partial charge in [-0.25, -0.2) is 9.67 Å². The quantitative estimate of drug-likeness (QED) is 0.598. The van der Waals surface area contributed by atoms with Gasteiger partial charge in [-0.3, -0.25) is 0 Å². The van der Waals surface area contributed by atoms with Crippen molar-refractivity contribution in [2.45, 2.75) is 12.4 Å². The number of aromatic nitrogens is 4.